The molecule has 1 N–H and O–H groups in total. The molecule has 0 unspecified atom stereocenters. The lowest BCUT2D eigenvalue weighted by Crippen LogP contribution is -2.33. The largest absolute Gasteiger partial charge is 0.352 e. The predicted molar refractivity (Wildman–Crippen MR) is 119 cm³/mol. The van der Waals surface area contributed by atoms with E-state index in [0.29, 0.717) is 28.8 Å². The monoisotopic (exact) mass is 476 g/mol. The summed E-state index contributed by atoms with van der Waals surface area (Å²) in [6, 6.07) is 11.0. The molecule has 0 aliphatic rings. The Morgan fingerprint density at radius 3 is 2.55 bits per heavy atom. The van der Waals surface area contributed by atoms with Crippen molar-refractivity contribution in [1.29, 1.82) is 0 Å². The molecule has 0 fully saturated rings. The summed E-state index contributed by atoms with van der Waals surface area (Å²) in [5.41, 5.74) is 1.98. The van der Waals surface area contributed by atoms with Gasteiger partial charge in [-0.15, -0.1) is 0 Å². The van der Waals surface area contributed by atoms with E-state index in [1.165, 1.54) is 31.5 Å². The fraction of sp³-hybridized carbons (Fsp3) is 0.217. The Kier molecular flexibility index (Phi) is 8.00. The number of aromatic nitrogens is 2. The number of rotatable bonds is 8. The van der Waals surface area contributed by atoms with Gasteiger partial charge in [-0.2, -0.15) is 4.39 Å². The van der Waals surface area contributed by atoms with E-state index in [1.54, 1.807) is 30.3 Å². The Bertz CT molecular complexity index is 1140. The van der Waals surface area contributed by atoms with Gasteiger partial charge in [-0.25, -0.2) is 13.8 Å². The number of nitrogens with zero attached hydrogens (tertiary/aromatic N) is 3. The molecule has 0 radical (unpaired) electrons. The van der Waals surface area contributed by atoms with Gasteiger partial charge in [0.15, 0.2) is 0 Å². The van der Waals surface area contributed by atoms with E-state index >= 15 is 0 Å². The maximum absolute atomic E-state index is 13.5. The zero-order chi connectivity index (χ0) is 24.0. The second kappa shape index (κ2) is 10.9. The van der Waals surface area contributed by atoms with E-state index in [4.69, 9.17) is 11.6 Å². The average Bonchev–Trinajstić information content (AvgIpc) is 2.78. The van der Waals surface area contributed by atoms with Gasteiger partial charge in [0.1, 0.15) is 0 Å². The van der Waals surface area contributed by atoms with Crippen LogP contribution in [-0.2, 0) is 11.2 Å². The van der Waals surface area contributed by atoms with Crippen LogP contribution < -0.4 is 10.2 Å². The molecule has 2 aromatic heterocycles. The molecular formula is C23H20ClF3N4O2. The lowest BCUT2D eigenvalue weighted by Gasteiger charge is -2.22. The summed E-state index contributed by atoms with van der Waals surface area (Å²) in [5.74, 6) is -1.48. The molecule has 172 valence electrons. The average molecular weight is 477 g/mol. The highest BCUT2D eigenvalue weighted by Crippen LogP contribution is 2.31. The number of carbonyl (C=O) groups is 2. The molecule has 10 heteroatoms. The Labute approximate surface area is 193 Å². The van der Waals surface area contributed by atoms with Gasteiger partial charge >= 0.3 is 0 Å². The van der Waals surface area contributed by atoms with Crippen molar-refractivity contribution in [1.82, 2.24) is 15.3 Å². The van der Waals surface area contributed by atoms with Crippen LogP contribution >= 0.6 is 11.6 Å². The van der Waals surface area contributed by atoms with Crippen molar-refractivity contribution in [3.63, 3.8) is 0 Å². The normalized spacial score (nSPS) is 10.8. The van der Waals surface area contributed by atoms with E-state index < -0.39 is 24.8 Å². The van der Waals surface area contributed by atoms with Crippen LogP contribution in [-0.4, -0.2) is 41.3 Å². The molecule has 2 amide bonds. The first-order chi connectivity index (χ1) is 15.8. The quantitative estimate of drug-likeness (QED) is 0.485. The van der Waals surface area contributed by atoms with Crippen LogP contribution in [0.4, 0.5) is 18.9 Å². The van der Waals surface area contributed by atoms with Crippen molar-refractivity contribution in [2.45, 2.75) is 19.8 Å². The third-order valence-electron chi connectivity index (χ3n) is 4.78. The van der Waals surface area contributed by atoms with Crippen molar-refractivity contribution in [3.8, 4) is 11.3 Å². The van der Waals surface area contributed by atoms with E-state index in [-0.39, 0.29) is 23.2 Å². The Hall–Kier alpha value is -3.46. The van der Waals surface area contributed by atoms with Gasteiger partial charge < -0.3 is 10.2 Å². The van der Waals surface area contributed by atoms with Crippen LogP contribution in [0.3, 0.4) is 0 Å². The van der Waals surface area contributed by atoms with E-state index in [0.717, 1.165) is 4.90 Å². The minimum absolute atomic E-state index is 0.120. The second-order valence-corrected chi connectivity index (χ2v) is 7.49. The van der Waals surface area contributed by atoms with Gasteiger partial charge in [0.05, 0.1) is 28.5 Å². The molecule has 3 rings (SSSR count). The molecule has 0 atom stereocenters. The highest BCUT2D eigenvalue weighted by atomic mass is 35.5. The number of nitrogens with one attached hydrogen (secondary N) is 1. The second-order valence-electron chi connectivity index (χ2n) is 7.08. The topological polar surface area (TPSA) is 75.2 Å². The lowest BCUT2D eigenvalue weighted by atomic mass is 10.1. The maximum Gasteiger partial charge on any atom is 0.256 e. The molecule has 0 aliphatic carbocycles. The van der Waals surface area contributed by atoms with Crippen molar-refractivity contribution in [3.05, 3.63) is 77.0 Å². The van der Waals surface area contributed by atoms with Crippen LogP contribution in [0.2, 0.25) is 5.02 Å². The first-order valence-electron chi connectivity index (χ1n) is 9.96. The Balaban J connectivity index is 1.66. The minimum Gasteiger partial charge on any atom is -0.352 e. The number of halogens is 4. The molecule has 0 saturated heterocycles. The standard InChI is InChI=1S/C23H20ClF3N4O2/c1-14(32)31(13-21(25)26)20-7-5-16(11-18(20)24)19-6-4-17(12-30-19)23(33)29-10-8-15-3-2-9-28-22(15)27/h2-7,9,11-12,21H,8,10,13H2,1H3,(H,29,33). The third-order valence-corrected chi connectivity index (χ3v) is 5.08. The van der Waals surface area contributed by atoms with Crippen molar-refractivity contribution >= 4 is 29.1 Å². The summed E-state index contributed by atoms with van der Waals surface area (Å²) in [6.45, 7) is 0.653. The number of pyridine rings is 2. The lowest BCUT2D eigenvalue weighted by molar-refractivity contribution is -0.117. The highest BCUT2D eigenvalue weighted by molar-refractivity contribution is 6.34. The molecule has 1 aromatic carbocycles. The van der Waals surface area contributed by atoms with Crippen molar-refractivity contribution < 1.29 is 22.8 Å². The predicted octanol–water partition coefficient (Wildman–Crippen LogP) is 4.53. The summed E-state index contributed by atoms with van der Waals surface area (Å²) < 4.78 is 39.1. The number of anilines is 1. The molecule has 33 heavy (non-hydrogen) atoms. The maximum atomic E-state index is 13.5. The number of carbonyl (C=O) groups excluding carboxylic acids is 2. The molecular weight excluding hydrogens is 457 g/mol. The SMILES string of the molecule is CC(=O)N(CC(F)F)c1ccc(-c2ccc(C(=O)NCCc3cccnc3F)cn2)cc1Cl. The van der Waals surface area contributed by atoms with Gasteiger partial charge in [-0.1, -0.05) is 23.7 Å². The van der Waals surface area contributed by atoms with Gasteiger partial charge in [-0.05, 0) is 36.8 Å². The smallest absolute Gasteiger partial charge is 0.256 e. The zero-order valence-electron chi connectivity index (χ0n) is 17.6. The van der Waals surface area contributed by atoms with E-state index in [1.807, 2.05) is 0 Å². The molecule has 2 heterocycles. The van der Waals surface area contributed by atoms with Crippen LogP contribution in [0.1, 0.15) is 22.8 Å². The molecule has 0 spiro atoms. The minimum atomic E-state index is -2.70. The Morgan fingerprint density at radius 2 is 1.94 bits per heavy atom. The molecule has 6 nitrogen and oxygen atoms in total. The van der Waals surface area contributed by atoms with Crippen LogP contribution in [0.5, 0.6) is 0 Å². The van der Waals surface area contributed by atoms with Crippen molar-refractivity contribution in [2.75, 3.05) is 18.0 Å². The molecule has 0 bridgehead atoms. The number of alkyl halides is 2. The summed E-state index contributed by atoms with van der Waals surface area (Å²) in [4.78, 5) is 32.8. The number of hydrogen-bond donors (Lipinski definition) is 1. The number of amides is 2. The summed E-state index contributed by atoms with van der Waals surface area (Å²) in [5, 5.41) is 2.82. The van der Waals surface area contributed by atoms with Gasteiger partial charge in [0.25, 0.3) is 12.3 Å². The number of hydrogen-bond acceptors (Lipinski definition) is 4. The molecule has 0 saturated carbocycles. The first-order valence-corrected chi connectivity index (χ1v) is 10.3. The summed E-state index contributed by atoms with van der Waals surface area (Å²) >= 11 is 6.24. The summed E-state index contributed by atoms with van der Waals surface area (Å²) in [6.07, 6.45) is 0.336. The van der Waals surface area contributed by atoms with Crippen LogP contribution in [0.25, 0.3) is 11.3 Å². The molecule has 0 aliphatic heterocycles. The fourth-order valence-corrected chi connectivity index (χ4v) is 3.42. The highest BCUT2D eigenvalue weighted by Gasteiger charge is 2.20. The third kappa shape index (κ3) is 6.29. The Morgan fingerprint density at radius 1 is 1.15 bits per heavy atom. The van der Waals surface area contributed by atoms with Crippen LogP contribution in [0, 0.1) is 5.95 Å². The van der Waals surface area contributed by atoms with Crippen molar-refractivity contribution in [2.24, 2.45) is 0 Å². The van der Waals surface area contributed by atoms with Gasteiger partial charge in [-0.3, -0.25) is 14.6 Å². The first kappa shape index (κ1) is 24.2. The van der Waals surface area contributed by atoms with Crippen LogP contribution in [0.15, 0.2) is 54.9 Å². The van der Waals surface area contributed by atoms with Gasteiger partial charge in [0, 0.05) is 37.0 Å². The zero-order valence-corrected chi connectivity index (χ0v) is 18.3. The van der Waals surface area contributed by atoms with E-state index in [2.05, 4.69) is 15.3 Å². The van der Waals surface area contributed by atoms with Gasteiger partial charge in [0.2, 0.25) is 11.9 Å². The van der Waals surface area contributed by atoms with E-state index in [9.17, 15) is 22.8 Å². The number of benzene rings is 1. The fourth-order valence-electron chi connectivity index (χ4n) is 3.14. The molecule has 3 aromatic rings. The summed E-state index contributed by atoms with van der Waals surface area (Å²) in [7, 11) is 0.